The van der Waals surface area contributed by atoms with Gasteiger partial charge in [0.1, 0.15) is 0 Å². The van der Waals surface area contributed by atoms with Gasteiger partial charge in [-0.3, -0.25) is 0 Å². The lowest BCUT2D eigenvalue weighted by molar-refractivity contribution is -0.133. The Morgan fingerprint density at radius 2 is 2.54 bits per heavy atom. The van der Waals surface area contributed by atoms with Gasteiger partial charge in [-0.1, -0.05) is 11.8 Å². The molecule has 2 aliphatic rings. The van der Waals surface area contributed by atoms with Crippen LogP contribution in [0.2, 0.25) is 0 Å². The van der Waals surface area contributed by atoms with Gasteiger partial charge < -0.3 is 10.0 Å². The third-order valence-corrected chi connectivity index (χ3v) is 2.83. The topological polar surface area (TPSA) is 52.9 Å². The van der Waals surface area contributed by atoms with Gasteiger partial charge in [0.2, 0.25) is 0 Å². The van der Waals surface area contributed by atoms with Gasteiger partial charge in [0.05, 0.1) is 11.6 Å². The number of carbonyl (C=O) groups is 1. The van der Waals surface area contributed by atoms with Crippen LogP contribution in [-0.4, -0.2) is 27.2 Å². The van der Waals surface area contributed by atoms with Gasteiger partial charge in [0.25, 0.3) is 0 Å². The van der Waals surface area contributed by atoms with Crippen molar-refractivity contribution < 1.29 is 9.90 Å². The van der Waals surface area contributed by atoms with Crippen LogP contribution in [0.15, 0.2) is 28.4 Å². The van der Waals surface area contributed by atoms with Crippen molar-refractivity contribution in [3.63, 3.8) is 0 Å². The molecule has 0 bridgehead atoms. The molecule has 0 radical (unpaired) electrons. The molecule has 13 heavy (non-hydrogen) atoms. The second kappa shape index (κ2) is 2.92. The Labute approximate surface area is 79.6 Å². The molecule has 4 nitrogen and oxygen atoms in total. The number of hydrogen-bond acceptors (Lipinski definition) is 4. The number of aliphatic imine (C=N–C) groups is 1. The first-order chi connectivity index (χ1) is 6.20. The normalized spacial score (nSPS) is 25.3. The zero-order valence-electron chi connectivity index (χ0n) is 6.97. The molecule has 0 fully saturated rings. The fourth-order valence-electron chi connectivity index (χ4n) is 1.29. The van der Waals surface area contributed by atoms with Crippen molar-refractivity contribution in [2.24, 2.45) is 4.99 Å². The summed E-state index contributed by atoms with van der Waals surface area (Å²) in [6, 6.07) is -0.128. The monoisotopic (exact) mass is 196 g/mol. The van der Waals surface area contributed by atoms with Crippen molar-refractivity contribution >= 4 is 22.9 Å². The van der Waals surface area contributed by atoms with E-state index in [1.165, 1.54) is 18.0 Å². The molecule has 0 spiro atoms. The first-order valence-electron chi connectivity index (χ1n) is 3.83. The standard InChI is InChI=1S/C8H8N2O2S/c1-5-6(7(11)12)4-9-8-10(5)2-3-13-8/h2-5H,1H3,(H,11,12). The molecule has 68 valence electrons. The molecule has 2 aliphatic heterocycles. The van der Waals surface area contributed by atoms with Crippen LogP contribution in [0.25, 0.3) is 0 Å². The fourth-order valence-corrected chi connectivity index (χ4v) is 2.06. The predicted octanol–water partition coefficient (Wildman–Crippen LogP) is 1.23. The maximum absolute atomic E-state index is 10.8. The summed E-state index contributed by atoms with van der Waals surface area (Å²) < 4.78 is 0. The highest BCUT2D eigenvalue weighted by molar-refractivity contribution is 8.16. The Morgan fingerprint density at radius 1 is 1.77 bits per heavy atom. The molecule has 0 aromatic rings. The lowest BCUT2D eigenvalue weighted by atomic mass is 10.1. The molecule has 0 aliphatic carbocycles. The van der Waals surface area contributed by atoms with Gasteiger partial charge in [-0.25, -0.2) is 9.79 Å². The van der Waals surface area contributed by atoms with Crippen molar-refractivity contribution in [1.29, 1.82) is 0 Å². The first-order valence-corrected chi connectivity index (χ1v) is 4.71. The molecule has 0 aromatic heterocycles. The van der Waals surface area contributed by atoms with E-state index in [9.17, 15) is 4.79 Å². The Kier molecular flexibility index (Phi) is 1.88. The van der Waals surface area contributed by atoms with Crippen LogP contribution in [0.1, 0.15) is 6.92 Å². The number of amidine groups is 1. The Bertz CT molecular complexity index is 346. The van der Waals surface area contributed by atoms with E-state index in [0.29, 0.717) is 5.57 Å². The van der Waals surface area contributed by atoms with Crippen LogP contribution in [-0.2, 0) is 4.79 Å². The number of thioether (sulfide) groups is 1. The van der Waals surface area contributed by atoms with Gasteiger partial charge >= 0.3 is 5.97 Å². The quantitative estimate of drug-likeness (QED) is 0.685. The zero-order valence-corrected chi connectivity index (χ0v) is 7.78. The van der Waals surface area contributed by atoms with E-state index in [1.54, 1.807) is 0 Å². The van der Waals surface area contributed by atoms with Crippen LogP contribution in [0.4, 0.5) is 0 Å². The summed E-state index contributed by atoms with van der Waals surface area (Å²) in [6.07, 6.45) is 3.28. The second-order valence-corrected chi connectivity index (χ2v) is 3.66. The number of rotatable bonds is 1. The molecule has 5 heteroatoms. The number of hydrogen-bond donors (Lipinski definition) is 1. The Hall–Kier alpha value is -1.23. The van der Waals surface area contributed by atoms with Crippen LogP contribution in [0.3, 0.4) is 0 Å². The molecule has 2 heterocycles. The molecule has 0 saturated heterocycles. The third kappa shape index (κ3) is 1.25. The van der Waals surface area contributed by atoms with Gasteiger partial charge in [-0.05, 0) is 12.3 Å². The summed E-state index contributed by atoms with van der Waals surface area (Å²) in [5.41, 5.74) is 0.330. The van der Waals surface area contributed by atoms with Crippen LogP contribution >= 0.6 is 11.8 Å². The van der Waals surface area contributed by atoms with E-state index in [0.717, 1.165) is 5.17 Å². The molecule has 1 unspecified atom stereocenters. The van der Waals surface area contributed by atoms with E-state index in [2.05, 4.69) is 4.99 Å². The smallest absolute Gasteiger partial charge is 0.335 e. The number of fused-ring (bicyclic) bond motifs is 1. The summed E-state index contributed by atoms with van der Waals surface area (Å²) in [5.74, 6) is -0.902. The summed E-state index contributed by atoms with van der Waals surface area (Å²) in [6.45, 7) is 1.85. The second-order valence-electron chi connectivity index (χ2n) is 2.79. The molecule has 0 amide bonds. The molecule has 1 atom stereocenters. The summed E-state index contributed by atoms with van der Waals surface area (Å²) in [7, 11) is 0. The van der Waals surface area contributed by atoms with E-state index in [1.807, 2.05) is 23.4 Å². The maximum atomic E-state index is 10.8. The fraction of sp³-hybridized carbons (Fsp3) is 0.250. The molecular weight excluding hydrogens is 188 g/mol. The minimum atomic E-state index is -0.902. The average molecular weight is 196 g/mol. The number of aliphatic carboxylic acids is 1. The SMILES string of the molecule is CC1C(C(=O)O)=CN=C2SC=CN21. The van der Waals surface area contributed by atoms with Crippen LogP contribution in [0, 0.1) is 0 Å². The summed E-state index contributed by atoms with van der Waals surface area (Å²) >= 11 is 1.50. The first kappa shape index (κ1) is 8.37. The van der Waals surface area contributed by atoms with Crippen molar-refractivity contribution in [2.75, 3.05) is 0 Å². The zero-order chi connectivity index (χ0) is 9.42. The minimum absolute atomic E-state index is 0.128. The van der Waals surface area contributed by atoms with E-state index in [-0.39, 0.29) is 6.04 Å². The predicted molar refractivity (Wildman–Crippen MR) is 51.2 cm³/mol. The third-order valence-electron chi connectivity index (χ3n) is 2.04. The Balaban J connectivity index is 2.35. The lowest BCUT2D eigenvalue weighted by Crippen LogP contribution is -2.36. The van der Waals surface area contributed by atoms with Gasteiger partial charge in [-0.15, -0.1) is 0 Å². The van der Waals surface area contributed by atoms with Crippen molar-refractivity contribution in [1.82, 2.24) is 4.90 Å². The molecule has 0 aromatic carbocycles. The lowest BCUT2D eigenvalue weighted by Gasteiger charge is -2.27. The largest absolute Gasteiger partial charge is 0.478 e. The van der Waals surface area contributed by atoms with E-state index < -0.39 is 5.97 Å². The van der Waals surface area contributed by atoms with E-state index in [4.69, 9.17) is 5.11 Å². The highest BCUT2D eigenvalue weighted by Crippen LogP contribution is 2.28. The van der Waals surface area contributed by atoms with Crippen LogP contribution in [0.5, 0.6) is 0 Å². The summed E-state index contributed by atoms with van der Waals surface area (Å²) in [5, 5.41) is 11.6. The average Bonchev–Trinajstić information content (AvgIpc) is 2.52. The van der Waals surface area contributed by atoms with Gasteiger partial charge in [0.15, 0.2) is 5.17 Å². The highest BCUT2D eigenvalue weighted by Gasteiger charge is 2.29. The number of carboxylic acids is 1. The number of carboxylic acid groups (broad SMARTS) is 1. The van der Waals surface area contributed by atoms with Crippen LogP contribution < -0.4 is 0 Å². The van der Waals surface area contributed by atoms with Crippen molar-refractivity contribution in [3.05, 3.63) is 23.4 Å². The Morgan fingerprint density at radius 3 is 3.23 bits per heavy atom. The minimum Gasteiger partial charge on any atom is -0.478 e. The molecule has 0 saturated carbocycles. The summed E-state index contributed by atoms with van der Waals surface area (Å²) in [4.78, 5) is 16.7. The molecular formula is C8H8N2O2S. The number of nitrogens with zero attached hydrogens (tertiary/aromatic N) is 2. The van der Waals surface area contributed by atoms with Gasteiger partial charge in [-0.2, -0.15) is 0 Å². The van der Waals surface area contributed by atoms with Crippen molar-refractivity contribution in [3.8, 4) is 0 Å². The van der Waals surface area contributed by atoms with E-state index >= 15 is 0 Å². The maximum Gasteiger partial charge on any atom is 0.335 e. The van der Waals surface area contributed by atoms with Gasteiger partial charge in [0, 0.05) is 12.4 Å². The molecule has 1 N–H and O–H groups in total. The highest BCUT2D eigenvalue weighted by atomic mass is 32.2. The van der Waals surface area contributed by atoms with Crippen molar-refractivity contribution in [2.45, 2.75) is 13.0 Å². The molecule has 2 rings (SSSR count).